The van der Waals surface area contributed by atoms with Crippen LogP contribution in [0.25, 0.3) is 0 Å². The van der Waals surface area contributed by atoms with Crippen molar-refractivity contribution in [2.24, 2.45) is 15.0 Å². The molecule has 12 heavy (non-hydrogen) atoms. The van der Waals surface area contributed by atoms with Gasteiger partial charge in [0.2, 0.25) is 0 Å². The Kier molecular flexibility index (Phi) is 1.73. The standard InChI is InChI=1S/C7H8N4S/c1-2-4-5-6(9-3-8-4)11-7(12)10-5/h3-4H,2H2,1H3,(H,8,9,11,12). The summed E-state index contributed by atoms with van der Waals surface area (Å²) in [5.41, 5.74) is 0.880. The molecule has 2 aliphatic rings. The summed E-state index contributed by atoms with van der Waals surface area (Å²) in [6.45, 7) is 2.06. The number of hydrogen-bond donors (Lipinski definition) is 1. The van der Waals surface area contributed by atoms with Crippen LogP contribution in [0.1, 0.15) is 13.3 Å². The van der Waals surface area contributed by atoms with Crippen LogP contribution in [0.3, 0.4) is 0 Å². The fraction of sp³-hybridized carbons (Fsp3) is 0.429. The Morgan fingerprint density at radius 1 is 1.67 bits per heavy atom. The molecule has 0 spiro atoms. The molecule has 2 heterocycles. The van der Waals surface area contributed by atoms with Crippen molar-refractivity contribution in [1.29, 1.82) is 0 Å². The lowest BCUT2D eigenvalue weighted by Crippen LogP contribution is -2.34. The highest BCUT2D eigenvalue weighted by Crippen LogP contribution is 2.09. The third-order valence-corrected chi connectivity index (χ3v) is 2.02. The van der Waals surface area contributed by atoms with Gasteiger partial charge in [-0.05, 0) is 18.6 Å². The van der Waals surface area contributed by atoms with E-state index in [-0.39, 0.29) is 6.04 Å². The first-order valence-electron chi connectivity index (χ1n) is 3.80. The lowest BCUT2D eigenvalue weighted by Gasteiger charge is -2.12. The molecule has 0 aliphatic carbocycles. The molecule has 0 saturated heterocycles. The molecule has 2 rings (SSSR count). The average molecular weight is 180 g/mol. The summed E-state index contributed by atoms with van der Waals surface area (Å²) in [5.74, 6) is 0.766. The fourth-order valence-electron chi connectivity index (χ4n) is 1.23. The van der Waals surface area contributed by atoms with Gasteiger partial charge in [-0.2, -0.15) is 0 Å². The molecule has 2 aliphatic heterocycles. The SMILES string of the molecule is CCC1N=CN=C2NC(=S)N=C21. The first-order chi connectivity index (χ1) is 5.81. The van der Waals surface area contributed by atoms with Gasteiger partial charge in [-0.15, -0.1) is 0 Å². The van der Waals surface area contributed by atoms with E-state index < -0.39 is 0 Å². The number of rotatable bonds is 1. The molecule has 0 aromatic carbocycles. The highest BCUT2D eigenvalue weighted by Gasteiger charge is 2.26. The normalized spacial score (nSPS) is 26.1. The van der Waals surface area contributed by atoms with Gasteiger partial charge in [0.1, 0.15) is 12.1 Å². The zero-order valence-electron chi connectivity index (χ0n) is 6.61. The molecule has 5 heteroatoms. The highest BCUT2D eigenvalue weighted by atomic mass is 32.1. The van der Waals surface area contributed by atoms with E-state index in [1.807, 2.05) is 0 Å². The van der Waals surface area contributed by atoms with E-state index in [9.17, 15) is 0 Å². The third kappa shape index (κ3) is 1.06. The summed E-state index contributed by atoms with van der Waals surface area (Å²) >= 11 is 4.90. The molecule has 0 radical (unpaired) electrons. The third-order valence-electron chi connectivity index (χ3n) is 1.83. The number of nitrogens with one attached hydrogen (secondary N) is 1. The summed E-state index contributed by atoms with van der Waals surface area (Å²) < 4.78 is 0. The molecule has 62 valence electrons. The van der Waals surface area contributed by atoms with Crippen molar-refractivity contribution in [3.05, 3.63) is 0 Å². The van der Waals surface area contributed by atoms with Crippen LogP contribution in [0, 0.1) is 0 Å². The van der Waals surface area contributed by atoms with E-state index in [1.54, 1.807) is 6.34 Å². The first kappa shape index (κ1) is 7.54. The lowest BCUT2D eigenvalue weighted by atomic mass is 10.1. The van der Waals surface area contributed by atoms with Crippen molar-refractivity contribution >= 4 is 35.2 Å². The van der Waals surface area contributed by atoms with E-state index in [2.05, 4.69) is 27.2 Å². The summed E-state index contributed by atoms with van der Waals surface area (Å²) in [6.07, 6.45) is 2.49. The minimum atomic E-state index is 0.130. The van der Waals surface area contributed by atoms with Crippen LogP contribution in [0.2, 0.25) is 0 Å². The van der Waals surface area contributed by atoms with E-state index >= 15 is 0 Å². The Bertz CT molecular complexity index is 315. The molecule has 0 aromatic rings. The van der Waals surface area contributed by atoms with Gasteiger partial charge in [0.15, 0.2) is 10.9 Å². The maximum Gasteiger partial charge on any atom is 0.198 e. The first-order valence-corrected chi connectivity index (χ1v) is 4.21. The summed E-state index contributed by atoms with van der Waals surface area (Å²) in [7, 11) is 0. The smallest absolute Gasteiger partial charge is 0.198 e. The molecule has 0 fully saturated rings. The van der Waals surface area contributed by atoms with Crippen molar-refractivity contribution in [3.8, 4) is 0 Å². The van der Waals surface area contributed by atoms with Gasteiger partial charge in [0, 0.05) is 0 Å². The molecule has 0 saturated carbocycles. The number of thiocarbonyl (C=S) groups is 1. The van der Waals surface area contributed by atoms with Crippen molar-refractivity contribution in [3.63, 3.8) is 0 Å². The van der Waals surface area contributed by atoms with Crippen LogP contribution in [-0.4, -0.2) is 29.0 Å². The predicted octanol–water partition coefficient (Wildman–Crippen LogP) is 0.535. The van der Waals surface area contributed by atoms with Crippen molar-refractivity contribution in [1.82, 2.24) is 5.32 Å². The van der Waals surface area contributed by atoms with Crippen LogP contribution >= 0.6 is 12.2 Å². The van der Waals surface area contributed by atoms with Gasteiger partial charge >= 0.3 is 0 Å². The van der Waals surface area contributed by atoms with Gasteiger partial charge in [-0.3, -0.25) is 4.99 Å². The predicted molar refractivity (Wildman–Crippen MR) is 53.2 cm³/mol. The maximum atomic E-state index is 4.90. The number of nitrogens with zero attached hydrogens (tertiary/aromatic N) is 3. The lowest BCUT2D eigenvalue weighted by molar-refractivity contribution is 0.827. The Morgan fingerprint density at radius 3 is 3.25 bits per heavy atom. The highest BCUT2D eigenvalue weighted by molar-refractivity contribution is 7.80. The van der Waals surface area contributed by atoms with E-state index in [0.717, 1.165) is 18.0 Å². The van der Waals surface area contributed by atoms with E-state index in [4.69, 9.17) is 12.2 Å². The van der Waals surface area contributed by atoms with Crippen molar-refractivity contribution < 1.29 is 0 Å². The topological polar surface area (TPSA) is 49.1 Å². The number of fused-ring (bicyclic) bond motifs is 1. The van der Waals surface area contributed by atoms with Crippen LogP contribution < -0.4 is 5.32 Å². The molecule has 1 unspecified atom stereocenters. The number of aliphatic imine (C=N–C) groups is 3. The maximum absolute atomic E-state index is 4.90. The Hall–Kier alpha value is -1.10. The van der Waals surface area contributed by atoms with Crippen LogP contribution in [0.15, 0.2) is 15.0 Å². The largest absolute Gasteiger partial charge is 0.314 e. The van der Waals surface area contributed by atoms with Crippen molar-refractivity contribution in [2.75, 3.05) is 0 Å². The van der Waals surface area contributed by atoms with Gasteiger partial charge in [0.25, 0.3) is 0 Å². The van der Waals surface area contributed by atoms with Gasteiger partial charge in [-0.25, -0.2) is 9.98 Å². The Labute approximate surface area is 75.5 Å². The van der Waals surface area contributed by atoms with E-state index in [0.29, 0.717) is 5.11 Å². The average Bonchev–Trinajstić information content (AvgIpc) is 2.44. The minimum Gasteiger partial charge on any atom is -0.314 e. The molecular formula is C7H8N4S. The number of amidine groups is 1. The van der Waals surface area contributed by atoms with Gasteiger partial charge < -0.3 is 5.32 Å². The monoisotopic (exact) mass is 180 g/mol. The minimum absolute atomic E-state index is 0.130. The summed E-state index contributed by atoms with van der Waals surface area (Å²) in [5, 5.41) is 3.40. The molecule has 1 N–H and O–H groups in total. The quantitative estimate of drug-likeness (QED) is 0.598. The molecule has 0 amide bonds. The second-order valence-electron chi connectivity index (χ2n) is 2.59. The Morgan fingerprint density at radius 2 is 2.50 bits per heavy atom. The second kappa shape index (κ2) is 2.75. The second-order valence-corrected chi connectivity index (χ2v) is 2.98. The van der Waals surface area contributed by atoms with E-state index in [1.165, 1.54) is 0 Å². The molecule has 0 bridgehead atoms. The van der Waals surface area contributed by atoms with Gasteiger partial charge in [-0.1, -0.05) is 6.92 Å². The number of hydrogen-bond acceptors (Lipinski definition) is 3. The van der Waals surface area contributed by atoms with Crippen molar-refractivity contribution in [2.45, 2.75) is 19.4 Å². The molecular weight excluding hydrogens is 172 g/mol. The molecule has 4 nitrogen and oxygen atoms in total. The Balaban J connectivity index is 2.36. The van der Waals surface area contributed by atoms with Gasteiger partial charge in [0.05, 0.1) is 6.04 Å². The van der Waals surface area contributed by atoms with Crippen LogP contribution in [-0.2, 0) is 0 Å². The fourth-order valence-corrected chi connectivity index (χ4v) is 1.42. The summed E-state index contributed by atoms with van der Waals surface area (Å²) in [4.78, 5) is 12.4. The zero-order chi connectivity index (χ0) is 8.55. The zero-order valence-corrected chi connectivity index (χ0v) is 7.43. The molecule has 1 atom stereocenters. The summed E-state index contributed by atoms with van der Waals surface area (Å²) in [6, 6.07) is 0.130. The molecule has 0 aromatic heterocycles. The van der Waals surface area contributed by atoms with Crippen LogP contribution in [0.5, 0.6) is 0 Å². The van der Waals surface area contributed by atoms with Crippen LogP contribution in [0.4, 0.5) is 0 Å².